The van der Waals surface area contributed by atoms with Crippen LogP contribution in [0.1, 0.15) is 17.3 Å². The first kappa shape index (κ1) is 22.4. The Bertz CT molecular complexity index is 1110. The Kier molecular flexibility index (Phi) is 7.23. The number of rotatable bonds is 7. The topological polar surface area (TPSA) is 66.5 Å². The van der Waals surface area contributed by atoms with Gasteiger partial charge in [0, 0.05) is 27.2 Å². The predicted octanol–water partition coefficient (Wildman–Crippen LogP) is 5.64. The molecule has 0 bridgehead atoms. The van der Waals surface area contributed by atoms with Gasteiger partial charge in [0.2, 0.25) is 0 Å². The maximum atomic E-state index is 13.1. The highest BCUT2D eigenvalue weighted by Crippen LogP contribution is 2.26. The Morgan fingerprint density at radius 1 is 0.967 bits per heavy atom. The van der Waals surface area contributed by atoms with Gasteiger partial charge in [0.05, 0.1) is 10.6 Å². The number of benzene rings is 3. The second-order valence-corrected chi connectivity index (χ2v) is 10.0. The fourth-order valence-corrected chi connectivity index (χ4v) is 5.03. The van der Waals surface area contributed by atoms with Crippen LogP contribution < -0.4 is 9.62 Å². The molecule has 0 saturated carbocycles. The van der Waals surface area contributed by atoms with E-state index < -0.39 is 10.0 Å². The van der Waals surface area contributed by atoms with E-state index in [0.29, 0.717) is 16.9 Å². The molecule has 0 saturated heterocycles. The lowest BCUT2D eigenvalue weighted by molar-refractivity contribution is 0.102. The van der Waals surface area contributed by atoms with Gasteiger partial charge in [-0.2, -0.15) is 0 Å². The molecule has 3 rings (SSSR count). The number of amides is 1. The van der Waals surface area contributed by atoms with Gasteiger partial charge in [-0.25, -0.2) is 8.42 Å². The van der Waals surface area contributed by atoms with Gasteiger partial charge >= 0.3 is 0 Å². The maximum Gasteiger partial charge on any atom is 0.264 e. The Morgan fingerprint density at radius 2 is 1.57 bits per heavy atom. The molecule has 8 heteroatoms. The van der Waals surface area contributed by atoms with Crippen LogP contribution in [0.15, 0.2) is 87.1 Å². The Morgan fingerprint density at radius 3 is 2.10 bits per heavy atom. The number of halogens is 1. The summed E-state index contributed by atoms with van der Waals surface area (Å²) in [7, 11) is -3.70. The molecule has 1 amide bonds. The Hall–Kier alpha value is -2.29. The smallest absolute Gasteiger partial charge is 0.264 e. The number of thioether (sulfide) groups is 1. The lowest BCUT2D eigenvalue weighted by Crippen LogP contribution is -2.30. The van der Waals surface area contributed by atoms with Crippen LogP contribution in [0.5, 0.6) is 0 Å². The summed E-state index contributed by atoms with van der Waals surface area (Å²) in [5.41, 5.74) is 1.63. The zero-order valence-electron chi connectivity index (χ0n) is 16.5. The first-order valence-corrected chi connectivity index (χ1v) is 12.6. The van der Waals surface area contributed by atoms with Gasteiger partial charge in [-0.3, -0.25) is 9.10 Å². The average Bonchev–Trinajstić information content (AvgIpc) is 2.76. The summed E-state index contributed by atoms with van der Waals surface area (Å²) in [5, 5.41) is 2.82. The van der Waals surface area contributed by atoms with Crippen molar-refractivity contribution in [1.82, 2.24) is 0 Å². The molecule has 0 radical (unpaired) electrons. The minimum Gasteiger partial charge on any atom is -0.322 e. The first-order valence-electron chi connectivity index (χ1n) is 9.19. The largest absolute Gasteiger partial charge is 0.322 e. The SMILES string of the molecule is CCN(c1ccc(C(=O)Nc2ccc(Br)cc2)cc1)S(=O)(=O)c1ccc(SC)cc1. The van der Waals surface area contributed by atoms with Crippen molar-refractivity contribution < 1.29 is 13.2 Å². The van der Waals surface area contributed by atoms with E-state index in [1.165, 1.54) is 4.31 Å². The normalized spacial score (nSPS) is 11.2. The van der Waals surface area contributed by atoms with Crippen molar-refractivity contribution in [3.05, 3.63) is 82.8 Å². The highest BCUT2D eigenvalue weighted by atomic mass is 79.9. The van der Waals surface area contributed by atoms with Gasteiger partial charge in [0.25, 0.3) is 15.9 Å². The van der Waals surface area contributed by atoms with E-state index in [9.17, 15) is 13.2 Å². The Labute approximate surface area is 189 Å². The van der Waals surface area contributed by atoms with Gasteiger partial charge in [0.15, 0.2) is 0 Å². The van der Waals surface area contributed by atoms with Gasteiger partial charge in [-0.05, 0) is 86.0 Å². The molecule has 0 unspecified atom stereocenters. The van der Waals surface area contributed by atoms with E-state index in [4.69, 9.17) is 0 Å². The number of hydrogen-bond donors (Lipinski definition) is 1. The van der Waals surface area contributed by atoms with Gasteiger partial charge in [0.1, 0.15) is 0 Å². The van der Waals surface area contributed by atoms with E-state index in [-0.39, 0.29) is 17.3 Å². The van der Waals surface area contributed by atoms with Gasteiger partial charge in [-0.1, -0.05) is 15.9 Å². The van der Waals surface area contributed by atoms with Gasteiger partial charge < -0.3 is 5.32 Å². The number of hydrogen-bond acceptors (Lipinski definition) is 4. The number of nitrogens with zero attached hydrogens (tertiary/aromatic N) is 1. The molecule has 0 fully saturated rings. The van der Waals surface area contributed by atoms with Crippen molar-refractivity contribution in [3.63, 3.8) is 0 Å². The third kappa shape index (κ3) is 5.06. The van der Waals surface area contributed by atoms with Crippen LogP contribution in [-0.4, -0.2) is 27.1 Å². The van der Waals surface area contributed by atoms with Crippen molar-refractivity contribution in [1.29, 1.82) is 0 Å². The van der Waals surface area contributed by atoms with Crippen LogP contribution in [0, 0.1) is 0 Å². The van der Waals surface area contributed by atoms with E-state index in [2.05, 4.69) is 21.2 Å². The number of carbonyl (C=O) groups excluding carboxylic acids is 1. The molecule has 0 spiro atoms. The standard InChI is InChI=1S/C22H21BrN2O3S2/c1-3-25(30(27,28)21-14-12-20(29-2)13-15-21)19-10-4-16(5-11-19)22(26)24-18-8-6-17(23)7-9-18/h4-15H,3H2,1-2H3,(H,24,26). The van der Waals surface area contributed by atoms with Crippen molar-refractivity contribution in [2.24, 2.45) is 0 Å². The highest BCUT2D eigenvalue weighted by molar-refractivity contribution is 9.10. The van der Waals surface area contributed by atoms with Crippen LogP contribution in [0.4, 0.5) is 11.4 Å². The van der Waals surface area contributed by atoms with Crippen LogP contribution >= 0.6 is 27.7 Å². The molecular formula is C22H21BrN2O3S2. The van der Waals surface area contributed by atoms with Crippen molar-refractivity contribution >= 4 is 55.0 Å². The summed E-state index contributed by atoms with van der Waals surface area (Å²) in [5.74, 6) is -0.262. The van der Waals surface area contributed by atoms with Crippen molar-refractivity contribution in [2.45, 2.75) is 16.7 Å². The zero-order chi connectivity index (χ0) is 21.7. The predicted molar refractivity (Wildman–Crippen MR) is 127 cm³/mol. The van der Waals surface area contributed by atoms with Crippen molar-refractivity contribution in [3.8, 4) is 0 Å². The second kappa shape index (κ2) is 9.68. The van der Waals surface area contributed by atoms with E-state index in [1.807, 2.05) is 18.4 Å². The fraction of sp³-hybridized carbons (Fsp3) is 0.136. The summed E-state index contributed by atoms with van der Waals surface area (Å²) in [6.45, 7) is 2.05. The third-order valence-electron chi connectivity index (χ3n) is 4.45. The molecule has 0 atom stereocenters. The monoisotopic (exact) mass is 504 g/mol. The minimum absolute atomic E-state index is 0.235. The van der Waals surface area contributed by atoms with Crippen LogP contribution in [0.3, 0.4) is 0 Å². The van der Waals surface area contributed by atoms with E-state index >= 15 is 0 Å². The molecule has 0 aliphatic rings. The molecule has 0 aliphatic heterocycles. The van der Waals surface area contributed by atoms with E-state index in [0.717, 1.165) is 9.37 Å². The van der Waals surface area contributed by atoms with Crippen LogP contribution in [0.2, 0.25) is 0 Å². The minimum atomic E-state index is -3.70. The van der Waals surface area contributed by atoms with Crippen LogP contribution in [0.25, 0.3) is 0 Å². The molecule has 30 heavy (non-hydrogen) atoms. The molecular weight excluding hydrogens is 484 g/mol. The number of nitrogens with one attached hydrogen (secondary N) is 1. The number of anilines is 2. The molecule has 3 aromatic rings. The second-order valence-electron chi connectivity index (χ2n) is 6.35. The molecule has 5 nitrogen and oxygen atoms in total. The summed E-state index contributed by atoms with van der Waals surface area (Å²) in [6.07, 6.45) is 1.94. The van der Waals surface area contributed by atoms with E-state index in [1.54, 1.807) is 79.3 Å². The summed E-state index contributed by atoms with van der Waals surface area (Å²) >= 11 is 4.91. The van der Waals surface area contributed by atoms with Crippen LogP contribution in [-0.2, 0) is 10.0 Å². The third-order valence-corrected chi connectivity index (χ3v) is 7.64. The van der Waals surface area contributed by atoms with Crippen molar-refractivity contribution in [2.75, 3.05) is 22.4 Å². The average molecular weight is 505 g/mol. The molecule has 0 heterocycles. The quantitative estimate of drug-likeness (QED) is 0.422. The number of carbonyl (C=O) groups is 1. The van der Waals surface area contributed by atoms with Gasteiger partial charge in [-0.15, -0.1) is 11.8 Å². The first-order chi connectivity index (χ1) is 14.3. The molecule has 0 aromatic heterocycles. The molecule has 1 N–H and O–H groups in total. The summed E-state index contributed by atoms with van der Waals surface area (Å²) < 4.78 is 28.4. The lowest BCUT2D eigenvalue weighted by atomic mass is 10.2. The maximum absolute atomic E-state index is 13.1. The molecule has 156 valence electrons. The zero-order valence-corrected chi connectivity index (χ0v) is 19.7. The Balaban J connectivity index is 1.80. The lowest BCUT2D eigenvalue weighted by Gasteiger charge is -2.23. The highest BCUT2D eigenvalue weighted by Gasteiger charge is 2.23. The summed E-state index contributed by atoms with van der Waals surface area (Å²) in [4.78, 5) is 13.7. The molecule has 0 aliphatic carbocycles. The number of sulfonamides is 1. The fourth-order valence-electron chi connectivity index (χ4n) is 2.88. The molecule has 3 aromatic carbocycles. The summed E-state index contributed by atoms with van der Waals surface area (Å²) in [6, 6.07) is 20.6.